The predicted molar refractivity (Wildman–Crippen MR) is 78.9 cm³/mol. The van der Waals surface area contributed by atoms with E-state index in [1.165, 1.54) is 0 Å². The molecule has 19 heavy (non-hydrogen) atoms. The molecule has 4 heteroatoms. The number of benzene rings is 1. The molecule has 2 nitrogen and oxygen atoms in total. The molecule has 1 atom stereocenters. The topological polar surface area (TPSA) is 22.0 Å². The number of Topliss-reactive ketones (excluding diaryl/α,β-unsaturated/α-hetero) is 1. The zero-order valence-corrected chi connectivity index (χ0v) is 12.0. The molecule has 1 saturated carbocycles. The Bertz CT molecular complexity index is 632. The van der Waals surface area contributed by atoms with Gasteiger partial charge in [-0.05, 0) is 37.5 Å². The molecule has 2 aromatic rings. The highest BCUT2D eigenvalue weighted by Crippen LogP contribution is 2.30. The molecule has 1 aromatic heterocycles. The Morgan fingerprint density at radius 2 is 2.16 bits per heavy atom. The van der Waals surface area contributed by atoms with E-state index in [9.17, 15) is 4.79 Å². The molecule has 1 aliphatic rings. The molecule has 1 aromatic carbocycles. The number of halogens is 2. The van der Waals surface area contributed by atoms with Crippen LogP contribution in [0.25, 0.3) is 10.9 Å². The summed E-state index contributed by atoms with van der Waals surface area (Å²) in [5, 5.41) is 2.34. The largest absolute Gasteiger partial charge is 0.347 e. The average molecular weight is 296 g/mol. The second-order valence-electron chi connectivity index (χ2n) is 5.17. The van der Waals surface area contributed by atoms with Crippen molar-refractivity contribution in [3.8, 4) is 0 Å². The van der Waals surface area contributed by atoms with E-state index in [-0.39, 0.29) is 5.92 Å². The maximum atomic E-state index is 11.7. The summed E-state index contributed by atoms with van der Waals surface area (Å²) in [5.41, 5.74) is 1.04. The number of hydrogen-bond donors (Lipinski definition) is 0. The van der Waals surface area contributed by atoms with Gasteiger partial charge in [0.15, 0.2) is 0 Å². The minimum atomic E-state index is 0.243. The van der Waals surface area contributed by atoms with E-state index in [0.717, 1.165) is 43.1 Å². The summed E-state index contributed by atoms with van der Waals surface area (Å²) >= 11 is 12.2. The number of ketones is 1. The van der Waals surface area contributed by atoms with Crippen LogP contribution in [0.5, 0.6) is 0 Å². The third-order valence-electron chi connectivity index (χ3n) is 3.95. The van der Waals surface area contributed by atoms with Crippen molar-refractivity contribution in [2.24, 2.45) is 5.92 Å². The lowest BCUT2D eigenvalue weighted by Gasteiger charge is -2.10. The molecule has 0 radical (unpaired) electrons. The maximum Gasteiger partial charge on any atom is 0.136 e. The summed E-state index contributed by atoms with van der Waals surface area (Å²) < 4.78 is 2.14. The highest BCUT2D eigenvalue weighted by molar-refractivity contribution is 6.38. The van der Waals surface area contributed by atoms with Crippen LogP contribution in [-0.2, 0) is 11.3 Å². The fourth-order valence-electron chi connectivity index (χ4n) is 2.90. The fourth-order valence-corrected chi connectivity index (χ4v) is 3.45. The SMILES string of the molecule is O=C1CCCC1CCn1ccc2c(Cl)cc(Cl)cc21. The van der Waals surface area contributed by atoms with Gasteiger partial charge in [-0.25, -0.2) is 0 Å². The minimum absolute atomic E-state index is 0.243. The van der Waals surface area contributed by atoms with Crippen molar-refractivity contribution in [1.29, 1.82) is 0 Å². The van der Waals surface area contributed by atoms with Crippen LogP contribution in [0.4, 0.5) is 0 Å². The first-order valence-corrected chi connectivity index (χ1v) is 7.37. The van der Waals surface area contributed by atoms with Gasteiger partial charge in [0.25, 0.3) is 0 Å². The predicted octanol–water partition coefficient (Wildman–Crippen LogP) is 4.71. The summed E-state index contributed by atoms with van der Waals surface area (Å²) in [5.74, 6) is 0.666. The van der Waals surface area contributed by atoms with Gasteiger partial charge < -0.3 is 4.57 Å². The van der Waals surface area contributed by atoms with Crippen LogP contribution in [0, 0.1) is 5.92 Å². The molecular formula is C15H15Cl2NO. The fraction of sp³-hybridized carbons (Fsp3) is 0.400. The molecule has 0 spiro atoms. The zero-order chi connectivity index (χ0) is 13.4. The first-order valence-electron chi connectivity index (χ1n) is 6.62. The summed E-state index contributed by atoms with van der Waals surface area (Å²) in [6, 6.07) is 5.69. The molecule has 0 N–H and O–H groups in total. The number of nitrogens with zero attached hydrogens (tertiary/aromatic N) is 1. The van der Waals surface area contributed by atoms with Crippen molar-refractivity contribution < 1.29 is 4.79 Å². The summed E-state index contributed by atoms with van der Waals surface area (Å²) in [7, 11) is 0. The Labute approximate surface area is 122 Å². The number of aromatic nitrogens is 1. The monoisotopic (exact) mass is 295 g/mol. The van der Waals surface area contributed by atoms with E-state index in [2.05, 4.69) is 4.57 Å². The number of fused-ring (bicyclic) bond motifs is 1. The first-order chi connectivity index (χ1) is 9.15. The van der Waals surface area contributed by atoms with Crippen LogP contribution in [0.15, 0.2) is 24.4 Å². The zero-order valence-electron chi connectivity index (χ0n) is 10.5. The van der Waals surface area contributed by atoms with E-state index < -0.39 is 0 Å². The highest BCUT2D eigenvalue weighted by atomic mass is 35.5. The van der Waals surface area contributed by atoms with E-state index in [0.29, 0.717) is 15.8 Å². The second kappa shape index (κ2) is 5.18. The molecule has 3 rings (SSSR count). The minimum Gasteiger partial charge on any atom is -0.347 e. The van der Waals surface area contributed by atoms with Crippen LogP contribution in [0.2, 0.25) is 10.0 Å². The van der Waals surface area contributed by atoms with E-state index in [1.807, 2.05) is 18.3 Å². The molecule has 1 aliphatic carbocycles. The van der Waals surface area contributed by atoms with Crippen LogP contribution >= 0.6 is 23.2 Å². The maximum absolute atomic E-state index is 11.7. The third kappa shape index (κ3) is 2.52. The van der Waals surface area contributed by atoms with Crippen molar-refractivity contribution in [2.45, 2.75) is 32.2 Å². The van der Waals surface area contributed by atoms with Gasteiger partial charge in [-0.1, -0.05) is 23.2 Å². The molecular weight excluding hydrogens is 281 g/mol. The van der Waals surface area contributed by atoms with Gasteiger partial charge >= 0.3 is 0 Å². The Hall–Kier alpha value is -0.990. The van der Waals surface area contributed by atoms with Crippen molar-refractivity contribution in [3.05, 3.63) is 34.4 Å². The van der Waals surface area contributed by atoms with Crippen molar-refractivity contribution >= 4 is 39.9 Å². The Balaban J connectivity index is 1.83. The third-order valence-corrected chi connectivity index (χ3v) is 4.48. The van der Waals surface area contributed by atoms with E-state index in [1.54, 1.807) is 6.07 Å². The van der Waals surface area contributed by atoms with Gasteiger partial charge in [-0.3, -0.25) is 4.79 Å². The molecule has 0 aliphatic heterocycles. The van der Waals surface area contributed by atoms with Crippen molar-refractivity contribution in [1.82, 2.24) is 4.57 Å². The molecule has 0 saturated heterocycles. The van der Waals surface area contributed by atoms with Gasteiger partial charge in [-0.15, -0.1) is 0 Å². The number of aryl methyl sites for hydroxylation is 1. The molecule has 1 fully saturated rings. The normalized spacial score (nSPS) is 19.5. The van der Waals surface area contributed by atoms with Crippen LogP contribution in [0.3, 0.4) is 0 Å². The Morgan fingerprint density at radius 3 is 2.89 bits per heavy atom. The lowest BCUT2D eigenvalue weighted by Crippen LogP contribution is -2.09. The number of carbonyl (C=O) groups excluding carboxylic acids is 1. The smallest absolute Gasteiger partial charge is 0.136 e. The standard InChI is InChI=1S/C15H15Cl2NO/c16-11-8-13(17)12-5-7-18(14(12)9-11)6-4-10-2-1-3-15(10)19/h5,7-10H,1-4,6H2. The quantitative estimate of drug-likeness (QED) is 0.804. The molecule has 1 unspecified atom stereocenters. The van der Waals surface area contributed by atoms with Gasteiger partial charge in [-0.2, -0.15) is 0 Å². The lowest BCUT2D eigenvalue weighted by molar-refractivity contribution is -0.120. The van der Waals surface area contributed by atoms with Crippen LogP contribution < -0.4 is 0 Å². The Kier molecular flexibility index (Phi) is 3.55. The average Bonchev–Trinajstić information content (AvgIpc) is 2.93. The summed E-state index contributed by atoms with van der Waals surface area (Å²) in [6.45, 7) is 0.844. The van der Waals surface area contributed by atoms with Gasteiger partial charge in [0.2, 0.25) is 0 Å². The second-order valence-corrected chi connectivity index (χ2v) is 6.02. The lowest BCUT2D eigenvalue weighted by atomic mass is 10.0. The number of hydrogen-bond acceptors (Lipinski definition) is 1. The van der Waals surface area contributed by atoms with Crippen molar-refractivity contribution in [2.75, 3.05) is 0 Å². The highest BCUT2D eigenvalue weighted by Gasteiger charge is 2.23. The van der Waals surface area contributed by atoms with E-state index >= 15 is 0 Å². The van der Waals surface area contributed by atoms with Crippen LogP contribution in [0.1, 0.15) is 25.7 Å². The molecule has 100 valence electrons. The first kappa shape index (κ1) is 13.0. The van der Waals surface area contributed by atoms with Crippen molar-refractivity contribution in [3.63, 3.8) is 0 Å². The van der Waals surface area contributed by atoms with Gasteiger partial charge in [0.05, 0.1) is 10.5 Å². The molecule has 0 amide bonds. The van der Waals surface area contributed by atoms with E-state index in [4.69, 9.17) is 23.2 Å². The van der Waals surface area contributed by atoms with Gasteiger partial charge in [0.1, 0.15) is 5.78 Å². The number of rotatable bonds is 3. The number of carbonyl (C=O) groups is 1. The van der Waals surface area contributed by atoms with Crippen LogP contribution in [-0.4, -0.2) is 10.4 Å². The molecule has 0 bridgehead atoms. The van der Waals surface area contributed by atoms with Gasteiger partial charge in [0, 0.05) is 35.5 Å². The summed E-state index contributed by atoms with van der Waals surface area (Å²) in [4.78, 5) is 11.7. The summed E-state index contributed by atoms with van der Waals surface area (Å²) in [6.07, 6.45) is 5.78. The Morgan fingerprint density at radius 1 is 1.32 bits per heavy atom. The molecule has 1 heterocycles.